The molecule has 1 fully saturated rings. The molecule has 2 aromatic rings. The molecule has 2 aliphatic heterocycles. The van der Waals surface area contributed by atoms with Crippen LogP contribution in [-0.2, 0) is 17.8 Å². The van der Waals surface area contributed by atoms with Crippen molar-refractivity contribution in [2.45, 2.75) is 38.6 Å². The Morgan fingerprint density at radius 2 is 2.00 bits per heavy atom. The van der Waals surface area contributed by atoms with Gasteiger partial charge in [0, 0.05) is 31.6 Å². The van der Waals surface area contributed by atoms with Gasteiger partial charge in [-0.15, -0.1) is 0 Å². The van der Waals surface area contributed by atoms with Gasteiger partial charge in [-0.3, -0.25) is 19.0 Å². The predicted octanol–water partition coefficient (Wildman–Crippen LogP) is 1.67. The standard InChI is InChI=1S/C19H21N3O4/c23-17(21-9-7-13(11-21)19(25)26)12-5-6-14-15(10-12)20-16-4-2-1-3-8-22(16)18(14)24/h5-6,10,13H,1-4,7-9,11H2,(H,25,26). The Hall–Kier alpha value is -2.70. The third kappa shape index (κ3) is 2.87. The molecule has 0 saturated carbocycles. The van der Waals surface area contributed by atoms with Crippen molar-refractivity contribution in [1.82, 2.24) is 14.5 Å². The quantitative estimate of drug-likeness (QED) is 0.885. The number of fused-ring (bicyclic) bond motifs is 2. The fourth-order valence-electron chi connectivity index (χ4n) is 3.88. The first kappa shape index (κ1) is 16.8. The number of aliphatic carboxylic acids is 1. The molecule has 3 heterocycles. The van der Waals surface area contributed by atoms with Crippen LogP contribution in [0.15, 0.2) is 23.0 Å². The Balaban J connectivity index is 1.68. The molecule has 7 nitrogen and oxygen atoms in total. The number of hydrogen-bond acceptors (Lipinski definition) is 4. The van der Waals surface area contributed by atoms with Crippen molar-refractivity contribution in [2.24, 2.45) is 5.92 Å². The minimum absolute atomic E-state index is 0.0435. The van der Waals surface area contributed by atoms with E-state index in [0.717, 1.165) is 31.5 Å². The number of rotatable bonds is 2. The van der Waals surface area contributed by atoms with Crippen LogP contribution in [0.5, 0.6) is 0 Å². The van der Waals surface area contributed by atoms with E-state index in [9.17, 15) is 14.4 Å². The maximum absolute atomic E-state index is 12.7. The maximum atomic E-state index is 12.7. The van der Waals surface area contributed by atoms with Crippen molar-refractivity contribution in [3.63, 3.8) is 0 Å². The number of benzene rings is 1. The van der Waals surface area contributed by atoms with Crippen LogP contribution in [0.3, 0.4) is 0 Å². The minimum Gasteiger partial charge on any atom is -0.481 e. The number of carbonyl (C=O) groups excluding carboxylic acids is 1. The average Bonchev–Trinajstić information content (AvgIpc) is 3.01. The lowest BCUT2D eigenvalue weighted by molar-refractivity contribution is -0.141. The van der Waals surface area contributed by atoms with Crippen molar-refractivity contribution >= 4 is 22.8 Å². The third-order valence-corrected chi connectivity index (χ3v) is 5.39. The number of aromatic nitrogens is 2. The zero-order valence-electron chi connectivity index (χ0n) is 14.5. The van der Waals surface area contributed by atoms with E-state index in [1.165, 1.54) is 0 Å². The van der Waals surface area contributed by atoms with Gasteiger partial charge in [-0.1, -0.05) is 6.42 Å². The topological polar surface area (TPSA) is 92.5 Å². The Morgan fingerprint density at radius 3 is 2.77 bits per heavy atom. The second kappa shape index (κ2) is 6.55. The first-order valence-corrected chi connectivity index (χ1v) is 9.10. The highest BCUT2D eigenvalue weighted by atomic mass is 16.4. The number of aryl methyl sites for hydroxylation is 1. The molecular weight excluding hydrogens is 334 g/mol. The van der Waals surface area contributed by atoms with Crippen LogP contribution in [0, 0.1) is 5.92 Å². The van der Waals surface area contributed by atoms with Gasteiger partial charge in [0.15, 0.2) is 0 Å². The maximum Gasteiger partial charge on any atom is 0.308 e. The Kier molecular flexibility index (Phi) is 4.22. The van der Waals surface area contributed by atoms with E-state index >= 15 is 0 Å². The molecule has 0 aliphatic carbocycles. The highest BCUT2D eigenvalue weighted by Crippen LogP contribution is 2.21. The molecule has 0 bridgehead atoms. The number of nitrogens with zero attached hydrogens (tertiary/aromatic N) is 3. The normalized spacial score (nSPS) is 20.0. The van der Waals surface area contributed by atoms with Crippen LogP contribution in [0.2, 0.25) is 0 Å². The molecule has 1 amide bonds. The van der Waals surface area contributed by atoms with Gasteiger partial charge >= 0.3 is 5.97 Å². The minimum atomic E-state index is -0.865. The Morgan fingerprint density at radius 1 is 1.15 bits per heavy atom. The molecule has 1 aromatic carbocycles. The predicted molar refractivity (Wildman–Crippen MR) is 95.2 cm³/mol. The van der Waals surface area contributed by atoms with Crippen molar-refractivity contribution < 1.29 is 14.7 Å². The summed E-state index contributed by atoms with van der Waals surface area (Å²) in [5.41, 5.74) is 0.954. The van der Waals surface area contributed by atoms with Gasteiger partial charge in [-0.2, -0.15) is 0 Å². The molecule has 1 N–H and O–H groups in total. The second-order valence-electron chi connectivity index (χ2n) is 7.10. The molecular formula is C19H21N3O4. The third-order valence-electron chi connectivity index (χ3n) is 5.39. The summed E-state index contributed by atoms with van der Waals surface area (Å²) in [6, 6.07) is 4.98. The largest absolute Gasteiger partial charge is 0.481 e. The first-order valence-electron chi connectivity index (χ1n) is 9.10. The molecule has 1 atom stereocenters. The summed E-state index contributed by atoms with van der Waals surface area (Å²) in [6.07, 6.45) is 4.33. The van der Waals surface area contributed by atoms with Gasteiger partial charge in [0.25, 0.3) is 11.5 Å². The van der Waals surface area contributed by atoms with Gasteiger partial charge in [-0.05, 0) is 37.5 Å². The summed E-state index contributed by atoms with van der Waals surface area (Å²) in [5, 5.41) is 9.63. The number of likely N-dealkylation sites (tertiary alicyclic amines) is 1. The number of carbonyl (C=O) groups is 2. The number of hydrogen-bond donors (Lipinski definition) is 1. The average molecular weight is 355 g/mol. The van der Waals surface area contributed by atoms with Crippen LogP contribution in [-0.4, -0.2) is 44.5 Å². The molecule has 0 radical (unpaired) electrons. The van der Waals surface area contributed by atoms with Gasteiger partial charge in [-0.25, -0.2) is 4.98 Å². The van der Waals surface area contributed by atoms with E-state index in [0.29, 0.717) is 36.0 Å². The first-order chi connectivity index (χ1) is 12.5. The van der Waals surface area contributed by atoms with Gasteiger partial charge in [0.05, 0.1) is 16.8 Å². The summed E-state index contributed by atoms with van der Waals surface area (Å²) < 4.78 is 1.76. The summed E-state index contributed by atoms with van der Waals surface area (Å²) >= 11 is 0. The van der Waals surface area contributed by atoms with E-state index in [1.807, 2.05) is 0 Å². The highest BCUT2D eigenvalue weighted by Gasteiger charge is 2.31. The number of carboxylic acid groups (broad SMARTS) is 1. The number of carboxylic acids is 1. The molecule has 1 unspecified atom stereocenters. The second-order valence-corrected chi connectivity index (χ2v) is 7.10. The molecule has 26 heavy (non-hydrogen) atoms. The van der Waals surface area contributed by atoms with Crippen LogP contribution in [0.4, 0.5) is 0 Å². The van der Waals surface area contributed by atoms with E-state index in [2.05, 4.69) is 4.98 Å². The Bertz CT molecular complexity index is 950. The van der Waals surface area contributed by atoms with E-state index in [1.54, 1.807) is 27.7 Å². The highest BCUT2D eigenvalue weighted by molar-refractivity contribution is 5.98. The van der Waals surface area contributed by atoms with Crippen LogP contribution < -0.4 is 5.56 Å². The zero-order valence-corrected chi connectivity index (χ0v) is 14.5. The van der Waals surface area contributed by atoms with Crippen molar-refractivity contribution in [1.29, 1.82) is 0 Å². The monoisotopic (exact) mass is 355 g/mol. The van der Waals surface area contributed by atoms with Crippen molar-refractivity contribution in [3.05, 3.63) is 39.9 Å². The van der Waals surface area contributed by atoms with Crippen LogP contribution in [0.25, 0.3) is 10.9 Å². The summed E-state index contributed by atoms with van der Waals surface area (Å²) in [6.45, 7) is 1.36. The fourth-order valence-corrected chi connectivity index (χ4v) is 3.88. The van der Waals surface area contributed by atoms with E-state index in [4.69, 9.17) is 5.11 Å². The van der Waals surface area contributed by atoms with E-state index < -0.39 is 11.9 Å². The molecule has 1 aromatic heterocycles. The molecule has 4 rings (SSSR count). The summed E-state index contributed by atoms with van der Waals surface area (Å²) in [7, 11) is 0. The van der Waals surface area contributed by atoms with Gasteiger partial charge in [0.2, 0.25) is 0 Å². The fraction of sp³-hybridized carbons (Fsp3) is 0.474. The summed E-state index contributed by atoms with van der Waals surface area (Å²) in [4.78, 5) is 42.8. The van der Waals surface area contributed by atoms with Gasteiger partial charge < -0.3 is 10.0 Å². The molecule has 136 valence electrons. The Labute approximate surface area is 150 Å². The SMILES string of the molecule is O=C(O)C1CCN(C(=O)c2ccc3c(=O)n4c(nc3c2)CCCCC4)C1. The number of amides is 1. The van der Waals surface area contributed by atoms with Crippen LogP contribution in [0.1, 0.15) is 41.9 Å². The molecule has 1 saturated heterocycles. The van der Waals surface area contributed by atoms with Crippen LogP contribution >= 0.6 is 0 Å². The zero-order chi connectivity index (χ0) is 18.3. The van der Waals surface area contributed by atoms with E-state index in [-0.39, 0.29) is 18.0 Å². The molecule has 0 spiro atoms. The molecule has 2 aliphatic rings. The molecule has 7 heteroatoms. The van der Waals surface area contributed by atoms with Crippen molar-refractivity contribution in [3.8, 4) is 0 Å². The lowest BCUT2D eigenvalue weighted by Crippen LogP contribution is -2.30. The smallest absolute Gasteiger partial charge is 0.308 e. The summed E-state index contributed by atoms with van der Waals surface area (Å²) in [5.74, 6) is -0.779. The van der Waals surface area contributed by atoms with Crippen molar-refractivity contribution in [2.75, 3.05) is 13.1 Å². The van der Waals surface area contributed by atoms with Gasteiger partial charge in [0.1, 0.15) is 5.82 Å². The lowest BCUT2D eigenvalue weighted by Gasteiger charge is -2.16. The lowest BCUT2D eigenvalue weighted by atomic mass is 10.1.